The van der Waals surface area contributed by atoms with E-state index >= 15 is 0 Å². The molecule has 1 aromatic carbocycles. The zero-order valence-corrected chi connectivity index (χ0v) is 15.8. The summed E-state index contributed by atoms with van der Waals surface area (Å²) in [6.07, 6.45) is 0.399. The third-order valence-electron chi connectivity index (χ3n) is 3.73. The molecule has 0 atom stereocenters. The summed E-state index contributed by atoms with van der Waals surface area (Å²) in [6, 6.07) is 6.91. The number of aromatic nitrogens is 3. The van der Waals surface area contributed by atoms with Crippen LogP contribution in [0, 0.1) is 11.6 Å². The Labute approximate surface area is 165 Å². The Morgan fingerprint density at radius 2 is 2.07 bits per heavy atom. The maximum absolute atomic E-state index is 13.8. The zero-order chi connectivity index (χ0) is 19.5. The summed E-state index contributed by atoms with van der Waals surface area (Å²) in [4.78, 5) is 21.4. The molecule has 3 heterocycles. The summed E-state index contributed by atoms with van der Waals surface area (Å²) in [6.45, 7) is 0. The van der Waals surface area contributed by atoms with Crippen LogP contribution in [-0.2, 0) is 11.2 Å². The molecule has 0 aliphatic heterocycles. The van der Waals surface area contributed by atoms with Crippen molar-refractivity contribution in [2.45, 2.75) is 12.8 Å². The van der Waals surface area contributed by atoms with E-state index in [1.165, 1.54) is 11.3 Å². The second-order valence-electron chi connectivity index (χ2n) is 5.70. The Hall–Kier alpha value is -2.98. The summed E-state index contributed by atoms with van der Waals surface area (Å²) in [7, 11) is 0. The van der Waals surface area contributed by atoms with Gasteiger partial charge in [-0.1, -0.05) is 11.2 Å². The molecule has 0 saturated heterocycles. The van der Waals surface area contributed by atoms with Crippen LogP contribution >= 0.6 is 22.7 Å². The van der Waals surface area contributed by atoms with Crippen LogP contribution in [0.2, 0.25) is 0 Å². The molecule has 0 saturated carbocycles. The van der Waals surface area contributed by atoms with Gasteiger partial charge < -0.3 is 9.84 Å². The first-order valence-electron chi connectivity index (χ1n) is 8.16. The molecule has 0 spiro atoms. The Kier molecular flexibility index (Phi) is 5.22. The predicted molar refractivity (Wildman–Crippen MR) is 102 cm³/mol. The van der Waals surface area contributed by atoms with Crippen LogP contribution in [0.1, 0.15) is 12.3 Å². The average Bonchev–Trinajstić information content (AvgIpc) is 3.43. The molecule has 0 radical (unpaired) electrons. The molecule has 0 aliphatic carbocycles. The van der Waals surface area contributed by atoms with Crippen molar-refractivity contribution in [2.24, 2.45) is 0 Å². The van der Waals surface area contributed by atoms with Gasteiger partial charge in [0.05, 0.1) is 10.6 Å². The molecule has 4 rings (SSSR count). The number of thiazole rings is 1. The number of carbonyl (C=O) groups excluding carboxylic acids is 1. The number of nitrogens with zero attached hydrogens (tertiary/aromatic N) is 3. The minimum atomic E-state index is -0.581. The molecule has 0 aliphatic rings. The van der Waals surface area contributed by atoms with Gasteiger partial charge in [-0.25, -0.2) is 13.8 Å². The number of anilines is 1. The van der Waals surface area contributed by atoms with E-state index in [1.807, 2.05) is 17.5 Å². The van der Waals surface area contributed by atoms with Crippen LogP contribution in [0.25, 0.3) is 22.0 Å². The van der Waals surface area contributed by atoms with Gasteiger partial charge in [-0.15, -0.1) is 22.7 Å². The van der Waals surface area contributed by atoms with Crippen LogP contribution in [0.3, 0.4) is 0 Å². The van der Waals surface area contributed by atoms with Crippen molar-refractivity contribution in [1.82, 2.24) is 15.1 Å². The summed E-state index contributed by atoms with van der Waals surface area (Å²) in [5.74, 6) is -0.581. The first kappa shape index (κ1) is 18.4. The van der Waals surface area contributed by atoms with Gasteiger partial charge >= 0.3 is 0 Å². The summed E-state index contributed by atoms with van der Waals surface area (Å²) in [5.41, 5.74) is 0.304. The fraction of sp³-hybridized carbons (Fsp3) is 0.111. The number of hydrogen-bond acceptors (Lipinski definition) is 7. The zero-order valence-electron chi connectivity index (χ0n) is 14.2. The number of hydrogen-bond donors (Lipinski definition) is 1. The molecular weight excluding hydrogens is 406 g/mol. The van der Waals surface area contributed by atoms with Crippen molar-refractivity contribution in [1.29, 1.82) is 0 Å². The Morgan fingerprint density at radius 3 is 2.89 bits per heavy atom. The monoisotopic (exact) mass is 418 g/mol. The highest BCUT2D eigenvalue weighted by Gasteiger charge is 2.14. The maximum atomic E-state index is 13.8. The minimum absolute atomic E-state index is 0.0451. The molecule has 6 nitrogen and oxygen atoms in total. The normalized spacial score (nSPS) is 10.9. The summed E-state index contributed by atoms with van der Waals surface area (Å²) >= 11 is 2.63. The molecule has 10 heteroatoms. The van der Waals surface area contributed by atoms with Gasteiger partial charge in [-0.2, -0.15) is 4.98 Å². The van der Waals surface area contributed by atoms with Crippen LogP contribution in [0.5, 0.6) is 0 Å². The highest BCUT2D eigenvalue weighted by molar-refractivity contribution is 7.14. The first-order valence-corrected chi connectivity index (χ1v) is 9.91. The second-order valence-corrected chi connectivity index (χ2v) is 7.51. The van der Waals surface area contributed by atoms with Crippen molar-refractivity contribution in [3.8, 4) is 22.0 Å². The van der Waals surface area contributed by atoms with Crippen molar-refractivity contribution in [3.63, 3.8) is 0 Å². The molecule has 28 heavy (non-hydrogen) atoms. The minimum Gasteiger partial charge on any atom is -0.339 e. The van der Waals surface area contributed by atoms with Gasteiger partial charge in [0.1, 0.15) is 11.6 Å². The van der Waals surface area contributed by atoms with Crippen molar-refractivity contribution >= 4 is 33.7 Å². The number of aryl methyl sites for hydroxylation is 1. The fourth-order valence-electron chi connectivity index (χ4n) is 2.41. The van der Waals surface area contributed by atoms with Crippen molar-refractivity contribution < 1.29 is 18.1 Å². The van der Waals surface area contributed by atoms with Crippen LogP contribution in [-0.4, -0.2) is 21.0 Å². The largest absolute Gasteiger partial charge is 0.339 e. The van der Waals surface area contributed by atoms with E-state index in [-0.39, 0.29) is 30.0 Å². The third kappa shape index (κ3) is 4.12. The number of benzene rings is 1. The summed E-state index contributed by atoms with van der Waals surface area (Å²) < 4.78 is 32.3. The van der Waals surface area contributed by atoms with Gasteiger partial charge in [-0.3, -0.25) is 4.79 Å². The number of halogens is 2. The molecule has 3 aromatic heterocycles. The molecule has 0 unspecified atom stereocenters. The molecule has 1 amide bonds. The molecule has 0 bridgehead atoms. The van der Waals surface area contributed by atoms with Crippen LogP contribution in [0.4, 0.5) is 13.9 Å². The van der Waals surface area contributed by atoms with Crippen molar-refractivity contribution in [3.05, 3.63) is 58.6 Å². The third-order valence-corrected chi connectivity index (χ3v) is 5.35. The van der Waals surface area contributed by atoms with Gasteiger partial charge in [0.15, 0.2) is 5.13 Å². The standard InChI is InChI=1S/C18H12F2N4O2S2/c19-10-3-4-12(20)11(8-10)13-9-28-18(21-13)22-15(25)5-6-16-23-17(24-26-16)14-2-1-7-27-14/h1-4,7-9H,5-6H2,(H,21,22,25). The average molecular weight is 418 g/mol. The Balaban J connectivity index is 1.36. The van der Waals surface area contributed by atoms with Gasteiger partial charge in [0.25, 0.3) is 0 Å². The molecular formula is C18H12F2N4O2S2. The van der Waals surface area contributed by atoms with E-state index < -0.39 is 11.6 Å². The quantitative estimate of drug-likeness (QED) is 0.488. The van der Waals surface area contributed by atoms with E-state index in [2.05, 4.69) is 20.4 Å². The van der Waals surface area contributed by atoms with E-state index in [4.69, 9.17) is 4.52 Å². The second kappa shape index (κ2) is 7.95. The lowest BCUT2D eigenvalue weighted by molar-refractivity contribution is -0.116. The number of nitrogens with one attached hydrogen (secondary N) is 1. The molecule has 1 N–H and O–H groups in total. The van der Waals surface area contributed by atoms with E-state index in [9.17, 15) is 13.6 Å². The Bertz CT molecular complexity index is 1110. The van der Waals surface area contributed by atoms with E-state index in [0.29, 0.717) is 16.8 Å². The van der Waals surface area contributed by atoms with E-state index in [0.717, 1.165) is 34.4 Å². The number of thiophene rings is 1. The van der Waals surface area contributed by atoms with Gasteiger partial charge in [-0.05, 0) is 29.6 Å². The number of carbonyl (C=O) groups is 1. The predicted octanol–water partition coefficient (Wildman–Crippen LogP) is 4.77. The fourth-order valence-corrected chi connectivity index (χ4v) is 3.79. The highest BCUT2D eigenvalue weighted by atomic mass is 32.1. The van der Waals surface area contributed by atoms with Crippen LogP contribution < -0.4 is 5.32 Å². The van der Waals surface area contributed by atoms with Gasteiger partial charge in [0, 0.05) is 23.8 Å². The van der Waals surface area contributed by atoms with Gasteiger partial charge in [0.2, 0.25) is 17.6 Å². The number of amides is 1. The van der Waals surface area contributed by atoms with E-state index in [1.54, 1.807) is 5.38 Å². The molecule has 4 aromatic rings. The number of rotatable bonds is 6. The lowest BCUT2D eigenvalue weighted by Gasteiger charge is -2.00. The first-order chi connectivity index (χ1) is 13.6. The highest BCUT2D eigenvalue weighted by Crippen LogP contribution is 2.28. The summed E-state index contributed by atoms with van der Waals surface area (Å²) in [5, 5.41) is 10.3. The van der Waals surface area contributed by atoms with Crippen LogP contribution in [0.15, 0.2) is 45.6 Å². The Morgan fingerprint density at radius 1 is 1.18 bits per heavy atom. The lowest BCUT2D eigenvalue weighted by atomic mass is 10.1. The topological polar surface area (TPSA) is 80.9 Å². The van der Waals surface area contributed by atoms with Crippen molar-refractivity contribution in [2.75, 3.05) is 5.32 Å². The maximum Gasteiger partial charge on any atom is 0.227 e. The molecule has 0 fully saturated rings. The smallest absolute Gasteiger partial charge is 0.227 e. The SMILES string of the molecule is O=C(CCc1nc(-c2cccs2)no1)Nc1nc(-c2cc(F)ccc2F)cs1. The lowest BCUT2D eigenvalue weighted by Crippen LogP contribution is -2.12. The molecule has 142 valence electrons.